The van der Waals surface area contributed by atoms with Gasteiger partial charge in [-0.25, -0.2) is 9.82 Å². The number of halogens is 2. The number of hydrogen-bond donors (Lipinski definition) is 1. The minimum atomic E-state index is -0.336. The Kier molecular flexibility index (Phi) is 7.78. The third kappa shape index (κ3) is 6.28. The SMILES string of the molecule is COc1cc(/C=N/NC(=O)Cc2ccc(F)cc2)cc(I)c1OCc1ccccc1. The Morgan fingerprint density at radius 2 is 1.83 bits per heavy atom. The molecule has 0 atom stereocenters. The summed E-state index contributed by atoms with van der Waals surface area (Å²) in [6, 6.07) is 19.3. The summed E-state index contributed by atoms with van der Waals surface area (Å²) in [6.45, 7) is 0.431. The van der Waals surface area contributed by atoms with Crippen LogP contribution in [0.15, 0.2) is 71.8 Å². The fourth-order valence-corrected chi connectivity index (χ4v) is 3.47. The Morgan fingerprint density at radius 3 is 2.53 bits per heavy atom. The van der Waals surface area contributed by atoms with Crippen molar-refractivity contribution < 1.29 is 18.7 Å². The number of amides is 1. The molecule has 0 spiro atoms. The standard InChI is InChI=1S/C23H20FIN2O3/c1-29-21-12-18(11-20(25)23(21)30-15-17-5-3-2-4-6-17)14-26-27-22(28)13-16-7-9-19(24)10-8-16/h2-12,14H,13,15H2,1H3,(H,27,28)/b26-14+. The van der Waals surface area contributed by atoms with E-state index in [1.807, 2.05) is 36.4 Å². The van der Waals surface area contributed by atoms with E-state index in [0.29, 0.717) is 23.7 Å². The summed E-state index contributed by atoms with van der Waals surface area (Å²) in [5.41, 5.74) is 5.00. The van der Waals surface area contributed by atoms with Crippen LogP contribution >= 0.6 is 22.6 Å². The van der Waals surface area contributed by atoms with Crippen molar-refractivity contribution in [2.75, 3.05) is 7.11 Å². The minimum Gasteiger partial charge on any atom is -0.493 e. The second-order valence-electron chi connectivity index (χ2n) is 6.40. The molecular formula is C23H20FIN2O3. The summed E-state index contributed by atoms with van der Waals surface area (Å²) >= 11 is 2.18. The summed E-state index contributed by atoms with van der Waals surface area (Å²) in [5, 5.41) is 4.00. The van der Waals surface area contributed by atoms with Gasteiger partial charge in [-0.2, -0.15) is 5.10 Å². The summed E-state index contributed by atoms with van der Waals surface area (Å²) in [7, 11) is 1.58. The molecule has 30 heavy (non-hydrogen) atoms. The topological polar surface area (TPSA) is 59.9 Å². The molecule has 0 aliphatic carbocycles. The summed E-state index contributed by atoms with van der Waals surface area (Å²) < 4.78 is 25.2. The second kappa shape index (κ2) is 10.7. The lowest BCUT2D eigenvalue weighted by molar-refractivity contribution is -0.120. The van der Waals surface area contributed by atoms with Crippen molar-refractivity contribution in [3.63, 3.8) is 0 Å². The fraction of sp³-hybridized carbons (Fsp3) is 0.130. The molecule has 154 valence electrons. The van der Waals surface area contributed by atoms with Crippen LogP contribution in [0.4, 0.5) is 4.39 Å². The van der Waals surface area contributed by atoms with E-state index in [0.717, 1.165) is 14.7 Å². The molecule has 3 aromatic carbocycles. The average molecular weight is 518 g/mol. The molecule has 0 radical (unpaired) electrons. The number of ether oxygens (including phenoxy) is 2. The van der Waals surface area contributed by atoms with E-state index in [1.54, 1.807) is 25.3 Å². The van der Waals surface area contributed by atoms with Crippen LogP contribution in [0.25, 0.3) is 0 Å². The molecule has 0 saturated carbocycles. The highest BCUT2D eigenvalue weighted by Gasteiger charge is 2.11. The highest BCUT2D eigenvalue weighted by molar-refractivity contribution is 14.1. The highest BCUT2D eigenvalue weighted by Crippen LogP contribution is 2.34. The van der Waals surface area contributed by atoms with Gasteiger partial charge in [-0.05, 0) is 63.5 Å². The number of rotatable bonds is 8. The summed E-state index contributed by atoms with van der Waals surface area (Å²) in [5.74, 6) is 0.607. The molecule has 0 unspecified atom stereocenters. The van der Waals surface area contributed by atoms with Crippen molar-refractivity contribution in [2.24, 2.45) is 5.10 Å². The van der Waals surface area contributed by atoms with Crippen LogP contribution in [-0.4, -0.2) is 19.2 Å². The van der Waals surface area contributed by atoms with E-state index >= 15 is 0 Å². The molecule has 0 aliphatic heterocycles. The first-order chi connectivity index (χ1) is 14.5. The van der Waals surface area contributed by atoms with Crippen molar-refractivity contribution in [1.82, 2.24) is 5.43 Å². The minimum absolute atomic E-state index is 0.116. The molecular weight excluding hydrogens is 498 g/mol. The van der Waals surface area contributed by atoms with Crippen LogP contribution in [0.5, 0.6) is 11.5 Å². The Labute approximate surface area is 188 Å². The third-order valence-electron chi connectivity index (χ3n) is 4.16. The molecule has 3 rings (SSSR count). The molecule has 3 aromatic rings. The van der Waals surface area contributed by atoms with Gasteiger partial charge in [0.15, 0.2) is 11.5 Å². The quantitative estimate of drug-likeness (QED) is 0.267. The van der Waals surface area contributed by atoms with Crippen LogP contribution in [-0.2, 0) is 17.8 Å². The number of methoxy groups -OCH3 is 1. The number of carbonyl (C=O) groups is 1. The lowest BCUT2D eigenvalue weighted by Crippen LogP contribution is -2.19. The van der Waals surface area contributed by atoms with E-state index in [4.69, 9.17) is 9.47 Å². The van der Waals surface area contributed by atoms with Gasteiger partial charge in [-0.3, -0.25) is 4.79 Å². The third-order valence-corrected chi connectivity index (χ3v) is 4.96. The Hall–Kier alpha value is -2.94. The average Bonchev–Trinajstić information content (AvgIpc) is 2.75. The molecule has 1 amide bonds. The first kappa shape index (κ1) is 21.8. The lowest BCUT2D eigenvalue weighted by Gasteiger charge is -2.13. The van der Waals surface area contributed by atoms with Gasteiger partial charge < -0.3 is 9.47 Å². The van der Waals surface area contributed by atoms with Gasteiger partial charge in [0, 0.05) is 0 Å². The number of hydrogen-bond acceptors (Lipinski definition) is 4. The van der Waals surface area contributed by atoms with Crippen molar-refractivity contribution >= 4 is 34.7 Å². The van der Waals surface area contributed by atoms with Crippen molar-refractivity contribution in [3.8, 4) is 11.5 Å². The monoisotopic (exact) mass is 518 g/mol. The van der Waals surface area contributed by atoms with Gasteiger partial charge in [0.1, 0.15) is 12.4 Å². The van der Waals surface area contributed by atoms with Crippen LogP contribution < -0.4 is 14.9 Å². The van der Waals surface area contributed by atoms with E-state index < -0.39 is 0 Å². The van der Waals surface area contributed by atoms with Crippen LogP contribution in [0, 0.1) is 9.39 Å². The Balaban J connectivity index is 1.62. The van der Waals surface area contributed by atoms with E-state index in [9.17, 15) is 9.18 Å². The van der Waals surface area contributed by atoms with Gasteiger partial charge in [-0.15, -0.1) is 0 Å². The summed E-state index contributed by atoms with van der Waals surface area (Å²) in [6.07, 6.45) is 1.65. The van der Waals surface area contributed by atoms with Gasteiger partial charge in [-0.1, -0.05) is 42.5 Å². The van der Waals surface area contributed by atoms with E-state index in [1.165, 1.54) is 18.3 Å². The predicted molar refractivity (Wildman–Crippen MR) is 122 cm³/mol. The maximum atomic E-state index is 12.9. The largest absolute Gasteiger partial charge is 0.493 e. The number of benzene rings is 3. The molecule has 0 bridgehead atoms. The van der Waals surface area contributed by atoms with Crippen molar-refractivity contribution in [2.45, 2.75) is 13.0 Å². The maximum Gasteiger partial charge on any atom is 0.244 e. The zero-order chi connectivity index (χ0) is 21.3. The molecule has 0 fully saturated rings. The van der Waals surface area contributed by atoms with Crippen molar-refractivity contribution in [3.05, 3.63) is 92.8 Å². The Bertz CT molecular complexity index is 1020. The molecule has 0 aliphatic rings. The van der Waals surface area contributed by atoms with E-state index in [-0.39, 0.29) is 18.1 Å². The molecule has 0 saturated heterocycles. The number of nitrogens with zero attached hydrogens (tertiary/aromatic N) is 1. The smallest absolute Gasteiger partial charge is 0.244 e. The van der Waals surface area contributed by atoms with Crippen LogP contribution in [0.1, 0.15) is 16.7 Å². The normalized spacial score (nSPS) is 10.8. The summed E-state index contributed by atoms with van der Waals surface area (Å²) in [4.78, 5) is 12.0. The molecule has 1 N–H and O–H groups in total. The predicted octanol–water partition coefficient (Wildman–Crippen LogP) is 4.71. The zero-order valence-electron chi connectivity index (χ0n) is 16.3. The molecule has 5 nitrogen and oxygen atoms in total. The van der Waals surface area contributed by atoms with Crippen molar-refractivity contribution in [1.29, 1.82) is 0 Å². The van der Waals surface area contributed by atoms with Gasteiger partial charge in [0.2, 0.25) is 5.91 Å². The molecule has 7 heteroatoms. The first-order valence-corrected chi connectivity index (χ1v) is 10.2. The van der Waals surface area contributed by atoms with E-state index in [2.05, 4.69) is 33.1 Å². The van der Waals surface area contributed by atoms with Crippen LogP contribution in [0.3, 0.4) is 0 Å². The molecule has 0 heterocycles. The van der Waals surface area contributed by atoms with Crippen LogP contribution in [0.2, 0.25) is 0 Å². The fourth-order valence-electron chi connectivity index (χ4n) is 2.69. The Morgan fingerprint density at radius 1 is 1.10 bits per heavy atom. The second-order valence-corrected chi connectivity index (χ2v) is 7.57. The zero-order valence-corrected chi connectivity index (χ0v) is 18.4. The number of nitrogens with one attached hydrogen (secondary N) is 1. The van der Waals surface area contributed by atoms with Gasteiger partial charge in [0.05, 0.1) is 23.3 Å². The molecule has 0 aromatic heterocycles. The number of hydrazone groups is 1. The lowest BCUT2D eigenvalue weighted by atomic mass is 10.1. The highest BCUT2D eigenvalue weighted by atomic mass is 127. The number of carbonyl (C=O) groups excluding carboxylic acids is 1. The first-order valence-electron chi connectivity index (χ1n) is 9.16. The van der Waals surface area contributed by atoms with Gasteiger partial charge >= 0.3 is 0 Å². The van der Waals surface area contributed by atoms with Gasteiger partial charge in [0.25, 0.3) is 0 Å². The maximum absolute atomic E-state index is 12.9.